The van der Waals surface area contributed by atoms with Crippen molar-refractivity contribution >= 4 is 38.1 Å². The van der Waals surface area contributed by atoms with Crippen LogP contribution in [0.25, 0.3) is 0 Å². The summed E-state index contributed by atoms with van der Waals surface area (Å²) in [5, 5.41) is 14.5. The zero-order chi connectivity index (χ0) is 21.8. The zero-order valence-electron chi connectivity index (χ0n) is 18.8. The first-order valence-electron chi connectivity index (χ1n) is 10.7. The number of hydrogen-bond donors (Lipinski definition) is 2. The molecule has 0 spiro atoms. The van der Waals surface area contributed by atoms with E-state index in [4.69, 9.17) is 0 Å². The summed E-state index contributed by atoms with van der Waals surface area (Å²) in [5.41, 5.74) is 1.25. The van der Waals surface area contributed by atoms with E-state index < -0.39 is 6.10 Å². The van der Waals surface area contributed by atoms with E-state index in [1.54, 1.807) is 0 Å². The first-order chi connectivity index (χ1) is 13.4. The topological polar surface area (TPSA) is 44.6 Å². The SMILES string of the molecule is CC(C)(C)C1C=C(C=NCCNCC2C=C(Br)C=C(Br)C2)C(O)C(C(C)(C)C)C1. The third-order valence-corrected chi connectivity index (χ3v) is 7.11. The lowest BCUT2D eigenvalue weighted by atomic mass is 9.63. The molecule has 0 saturated heterocycles. The maximum absolute atomic E-state index is 11.0. The molecular formula is C24H38Br2N2O. The van der Waals surface area contributed by atoms with Crippen LogP contribution in [0.1, 0.15) is 54.4 Å². The molecular weight excluding hydrogens is 492 g/mol. The second-order valence-corrected chi connectivity index (χ2v) is 12.6. The van der Waals surface area contributed by atoms with Gasteiger partial charge in [-0.1, -0.05) is 85.6 Å². The Morgan fingerprint density at radius 2 is 1.83 bits per heavy atom. The number of halogens is 2. The number of nitrogens with one attached hydrogen (secondary N) is 1. The molecule has 0 fully saturated rings. The summed E-state index contributed by atoms with van der Waals surface area (Å²) in [6.45, 7) is 16.1. The molecule has 0 bridgehead atoms. The number of hydrogen-bond acceptors (Lipinski definition) is 3. The van der Waals surface area contributed by atoms with Gasteiger partial charge in [-0.2, -0.15) is 0 Å². The summed E-state index contributed by atoms with van der Waals surface area (Å²) in [6, 6.07) is 0. The minimum atomic E-state index is -0.431. The molecule has 0 radical (unpaired) electrons. The average Bonchev–Trinajstić information content (AvgIpc) is 2.56. The van der Waals surface area contributed by atoms with E-state index in [0.717, 1.165) is 42.5 Å². The van der Waals surface area contributed by atoms with Crippen LogP contribution in [0.5, 0.6) is 0 Å². The Morgan fingerprint density at radius 1 is 1.14 bits per heavy atom. The molecule has 164 valence electrons. The zero-order valence-corrected chi connectivity index (χ0v) is 22.0. The van der Waals surface area contributed by atoms with Gasteiger partial charge < -0.3 is 10.4 Å². The van der Waals surface area contributed by atoms with Crippen molar-refractivity contribution in [3.8, 4) is 0 Å². The predicted molar refractivity (Wildman–Crippen MR) is 133 cm³/mol. The Labute approximate surface area is 194 Å². The molecule has 0 aliphatic heterocycles. The van der Waals surface area contributed by atoms with Gasteiger partial charge in [-0.05, 0) is 57.6 Å². The molecule has 0 aromatic carbocycles. The molecule has 2 N–H and O–H groups in total. The van der Waals surface area contributed by atoms with E-state index >= 15 is 0 Å². The molecule has 0 saturated carbocycles. The third kappa shape index (κ3) is 7.75. The third-order valence-electron chi connectivity index (χ3n) is 6.06. The fourth-order valence-corrected chi connectivity index (χ4v) is 5.73. The highest BCUT2D eigenvalue weighted by molar-refractivity contribution is 9.12. The van der Waals surface area contributed by atoms with Gasteiger partial charge in [0.15, 0.2) is 0 Å². The molecule has 29 heavy (non-hydrogen) atoms. The fraction of sp³-hybridized carbons (Fsp3) is 0.708. The second-order valence-electron chi connectivity index (χ2n) is 10.6. The number of aliphatic imine (C=N–C) groups is 1. The van der Waals surface area contributed by atoms with Crippen LogP contribution in [0, 0.1) is 28.6 Å². The van der Waals surface area contributed by atoms with Crippen LogP contribution in [0.3, 0.4) is 0 Å². The van der Waals surface area contributed by atoms with Crippen molar-refractivity contribution in [2.75, 3.05) is 19.6 Å². The molecule has 5 heteroatoms. The van der Waals surface area contributed by atoms with Crippen molar-refractivity contribution in [2.45, 2.75) is 60.5 Å². The van der Waals surface area contributed by atoms with E-state index in [2.05, 4.69) is 102 Å². The van der Waals surface area contributed by atoms with Gasteiger partial charge in [0.05, 0.1) is 12.6 Å². The van der Waals surface area contributed by atoms with Crippen molar-refractivity contribution in [1.29, 1.82) is 0 Å². The summed E-state index contributed by atoms with van der Waals surface area (Å²) in [7, 11) is 0. The number of rotatable bonds is 6. The van der Waals surface area contributed by atoms with Gasteiger partial charge >= 0.3 is 0 Å². The maximum atomic E-state index is 11.0. The van der Waals surface area contributed by atoms with Crippen LogP contribution in [-0.4, -0.2) is 37.1 Å². The standard InChI is InChI=1S/C24H38Br2N2O/c1-23(2,3)18-11-17(22(29)21(12-18)24(4,5)6)15-28-8-7-27-14-16-9-19(25)13-20(26)10-16/h9,11,13,15-16,18,21-22,27,29H,7-8,10,12,14H2,1-6H3. The number of aliphatic hydroxyl groups is 1. The highest BCUT2D eigenvalue weighted by Gasteiger charge is 2.40. The van der Waals surface area contributed by atoms with E-state index in [1.165, 1.54) is 4.48 Å². The fourth-order valence-electron chi connectivity index (χ4n) is 4.11. The molecule has 0 amide bonds. The summed E-state index contributed by atoms with van der Waals surface area (Å²) < 4.78 is 2.37. The largest absolute Gasteiger partial charge is 0.388 e. The van der Waals surface area contributed by atoms with Crippen molar-refractivity contribution < 1.29 is 5.11 Å². The molecule has 4 unspecified atom stereocenters. The molecule has 4 atom stereocenters. The van der Waals surface area contributed by atoms with Gasteiger partial charge in [0.25, 0.3) is 0 Å². The van der Waals surface area contributed by atoms with Gasteiger partial charge in [0.2, 0.25) is 0 Å². The first-order valence-corrected chi connectivity index (χ1v) is 12.3. The van der Waals surface area contributed by atoms with Gasteiger partial charge in [0, 0.05) is 23.8 Å². The average molecular weight is 530 g/mol. The van der Waals surface area contributed by atoms with E-state index in [1.807, 2.05) is 6.21 Å². The molecule has 2 aliphatic carbocycles. The molecule has 2 aliphatic rings. The molecule has 0 aromatic rings. The second kappa shape index (κ2) is 10.4. The van der Waals surface area contributed by atoms with Crippen LogP contribution in [0.15, 0.2) is 37.8 Å². The Balaban J connectivity index is 1.90. The van der Waals surface area contributed by atoms with Crippen molar-refractivity contribution in [2.24, 2.45) is 33.6 Å². The van der Waals surface area contributed by atoms with E-state index in [0.29, 0.717) is 11.8 Å². The van der Waals surface area contributed by atoms with Crippen molar-refractivity contribution in [1.82, 2.24) is 5.32 Å². The molecule has 2 rings (SSSR count). The van der Waals surface area contributed by atoms with Gasteiger partial charge in [-0.25, -0.2) is 0 Å². The van der Waals surface area contributed by atoms with Crippen LogP contribution < -0.4 is 5.32 Å². The van der Waals surface area contributed by atoms with Gasteiger partial charge in [-0.15, -0.1) is 0 Å². The molecule has 0 heterocycles. The highest BCUT2D eigenvalue weighted by atomic mass is 79.9. The minimum Gasteiger partial charge on any atom is -0.388 e. The Morgan fingerprint density at radius 3 is 2.41 bits per heavy atom. The predicted octanol–water partition coefficient (Wildman–Crippen LogP) is 6.24. The molecule has 3 nitrogen and oxygen atoms in total. The first kappa shape index (κ1) is 25.0. The highest BCUT2D eigenvalue weighted by Crippen LogP contribution is 2.45. The number of allylic oxidation sites excluding steroid dienone is 4. The number of nitrogens with zero attached hydrogens (tertiary/aromatic N) is 1. The minimum absolute atomic E-state index is 0.0718. The lowest BCUT2D eigenvalue weighted by molar-refractivity contribution is 0.0345. The van der Waals surface area contributed by atoms with Crippen molar-refractivity contribution in [3.63, 3.8) is 0 Å². The Hall–Kier alpha value is -0.230. The summed E-state index contributed by atoms with van der Waals surface area (Å²) in [4.78, 5) is 4.63. The molecule has 0 aromatic heterocycles. The maximum Gasteiger partial charge on any atom is 0.0835 e. The van der Waals surface area contributed by atoms with Crippen molar-refractivity contribution in [3.05, 3.63) is 32.8 Å². The Kier molecular flexibility index (Phi) is 8.97. The lowest BCUT2D eigenvalue weighted by Crippen LogP contribution is -2.41. The summed E-state index contributed by atoms with van der Waals surface area (Å²) in [6.07, 6.45) is 10.2. The number of aliphatic hydroxyl groups excluding tert-OH is 1. The quantitative estimate of drug-likeness (QED) is 0.316. The van der Waals surface area contributed by atoms with Crippen LogP contribution in [-0.2, 0) is 0 Å². The van der Waals surface area contributed by atoms with Crippen LogP contribution >= 0.6 is 31.9 Å². The van der Waals surface area contributed by atoms with E-state index in [-0.39, 0.29) is 16.7 Å². The van der Waals surface area contributed by atoms with Crippen LogP contribution in [0.2, 0.25) is 0 Å². The van der Waals surface area contributed by atoms with E-state index in [9.17, 15) is 5.11 Å². The smallest absolute Gasteiger partial charge is 0.0835 e. The summed E-state index contributed by atoms with van der Waals surface area (Å²) in [5.74, 6) is 1.20. The lowest BCUT2D eigenvalue weighted by Gasteiger charge is -2.43. The van der Waals surface area contributed by atoms with Crippen LogP contribution in [0.4, 0.5) is 0 Å². The van der Waals surface area contributed by atoms with Gasteiger partial charge in [0.1, 0.15) is 0 Å². The summed E-state index contributed by atoms with van der Waals surface area (Å²) >= 11 is 7.16. The van der Waals surface area contributed by atoms with Gasteiger partial charge in [-0.3, -0.25) is 4.99 Å². The Bertz CT molecular complexity index is 680. The normalized spacial score (nSPS) is 28.9. The monoisotopic (exact) mass is 528 g/mol.